The zero-order valence-corrected chi connectivity index (χ0v) is 15.1. The standard InChI is InChI=1S/C19H18FN3OS/c1-12-5-4-6-15-17(12)21-18(13-7-9-14(20)10-8-13)22-19(15)25-11-16(24)23(2)3/h4-10H,11H2,1-3H3. The summed E-state index contributed by atoms with van der Waals surface area (Å²) < 4.78 is 13.2. The van der Waals surface area contributed by atoms with E-state index in [1.165, 1.54) is 23.9 Å². The Bertz CT molecular complexity index is 926. The van der Waals surface area contributed by atoms with Crippen LogP contribution in [0.4, 0.5) is 4.39 Å². The van der Waals surface area contributed by atoms with E-state index in [1.54, 1.807) is 31.1 Å². The molecule has 0 aliphatic rings. The third kappa shape index (κ3) is 3.79. The SMILES string of the molecule is Cc1cccc2c(SCC(=O)N(C)C)nc(-c3ccc(F)cc3)nc12. The van der Waals surface area contributed by atoms with E-state index >= 15 is 0 Å². The number of carbonyl (C=O) groups excluding carboxylic acids is 1. The molecule has 0 fully saturated rings. The number of carbonyl (C=O) groups is 1. The number of benzene rings is 2. The highest BCUT2D eigenvalue weighted by atomic mass is 32.2. The summed E-state index contributed by atoms with van der Waals surface area (Å²) in [6.45, 7) is 1.99. The second-order valence-corrected chi connectivity index (χ2v) is 6.87. The molecule has 3 aromatic rings. The third-order valence-corrected chi connectivity index (χ3v) is 4.80. The second-order valence-electron chi connectivity index (χ2n) is 5.91. The molecule has 0 atom stereocenters. The molecule has 128 valence electrons. The summed E-state index contributed by atoms with van der Waals surface area (Å²) in [5.41, 5.74) is 2.62. The number of para-hydroxylation sites is 1. The molecule has 0 spiro atoms. The van der Waals surface area contributed by atoms with Crippen molar-refractivity contribution in [3.05, 3.63) is 53.8 Å². The van der Waals surface area contributed by atoms with Crippen molar-refractivity contribution in [2.24, 2.45) is 0 Å². The van der Waals surface area contributed by atoms with Gasteiger partial charge in [-0.2, -0.15) is 0 Å². The maximum absolute atomic E-state index is 13.2. The van der Waals surface area contributed by atoms with Crippen LogP contribution in [0.15, 0.2) is 47.5 Å². The zero-order valence-electron chi connectivity index (χ0n) is 14.3. The van der Waals surface area contributed by atoms with Crippen LogP contribution in [0.3, 0.4) is 0 Å². The van der Waals surface area contributed by atoms with Crippen molar-refractivity contribution in [3.63, 3.8) is 0 Å². The zero-order chi connectivity index (χ0) is 18.0. The van der Waals surface area contributed by atoms with Crippen molar-refractivity contribution in [1.82, 2.24) is 14.9 Å². The first-order chi connectivity index (χ1) is 12.0. The smallest absolute Gasteiger partial charge is 0.232 e. The van der Waals surface area contributed by atoms with E-state index in [0.29, 0.717) is 11.6 Å². The Morgan fingerprint density at radius 1 is 1.12 bits per heavy atom. The van der Waals surface area contributed by atoms with Crippen molar-refractivity contribution < 1.29 is 9.18 Å². The highest BCUT2D eigenvalue weighted by Gasteiger charge is 2.13. The molecule has 25 heavy (non-hydrogen) atoms. The maximum Gasteiger partial charge on any atom is 0.232 e. The first-order valence-corrected chi connectivity index (χ1v) is 8.80. The first kappa shape index (κ1) is 17.4. The van der Waals surface area contributed by atoms with Gasteiger partial charge in [0.2, 0.25) is 5.91 Å². The van der Waals surface area contributed by atoms with Gasteiger partial charge in [0.15, 0.2) is 5.82 Å². The molecule has 4 nitrogen and oxygen atoms in total. The second kappa shape index (κ2) is 7.19. The summed E-state index contributed by atoms with van der Waals surface area (Å²) in [4.78, 5) is 22.8. The van der Waals surface area contributed by atoms with E-state index in [2.05, 4.69) is 9.97 Å². The van der Waals surface area contributed by atoms with Gasteiger partial charge >= 0.3 is 0 Å². The quantitative estimate of drug-likeness (QED) is 0.526. The number of hydrogen-bond acceptors (Lipinski definition) is 4. The van der Waals surface area contributed by atoms with Crippen LogP contribution in [0, 0.1) is 12.7 Å². The first-order valence-electron chi connectivity index (χ1n) is 7.82. The van der Waals surface area contributed by atoms with Gasteiger partial charge in [0.1, 0.15) is 10.8 Å². The molecule has 1 heterocycles. The van der Waals surface area contributed by atoms with E-state index < -0.39 is 0 Å². The van der Waals surface area contributed by atoms with Crippen LogP contribution < -0.4 is 0 Å². The molecule has 0 aliphatic carbocycles. The minimum Gasteiger partial charge on any atom is -0.348 e. The van der Waals surface area contributed by atoms with Crippen molar-refractivity contribution >= 4 is 28.6 Å². The van der Waals surface area contributed by atoms with Gasteiger partial charge in [0.05, 0.1) is 11.3 Å². The topological polar surface area (TPSA) is 46.1 Å². The van der Waals surface area contributed by atoms with Crippen molar-refractivity contribution in [2.75, 3.05) is 19.8 Å². The summed E-state index contributed by atoms with van der Waals surface area (Å²) in [6.07, 6.45) is 0. The molecular weight excluding hydrogens is 337 g/mol. The lowest BCUT2D eigenvalue weighted by atomic mass is 10.1. The number of thioether (sulfide) groups is 1. The Hall–Kier alpha value is -2.47. The maximum atomic E-state index is 13.2. The Labute approximate surface area is 150 Å². The van der Waals surface area contributed by atoms with Gasteiger partial charge in [0, 0.05) is 25.0 Å². The largest absolute Gasteiger partial charge is 0.348 e. The number of rotatable bonds is 4. The Kier molecular flexibility index (Phi) is 4.99. The molecule has 0 unspecified atom stereocenters. The summed E-state index contributed by atoms with van der Waals surface area (Å²) in [7, 11) is 3.46. The van der Waals surface area contributed by atoms with Gasteiger partial charge in [-0.25, -0.2) is 14.4 Å². The van der Waals surface area contributed by atoms with Gasteiger partial charge in [-0.3, -0.25) is 4.79 Å². The van der Waals surface area contributed by atoms with Gasteiger partial charge in [0.25, 0.3) is 0 Å². The number of hydrogen-bond donors (Lipinski definition) is 0. The molecule has 0 saturated heterocycles. The average molecular weight is 355 g/mol. The van der Waals surface area contributed by atoms with Crippen LogP contribution in [0.2, 0.25) is 0 Å². The lowest BCUT2D eigenvalue weighted by Crippen LogP contribution is -2.23. The molecule has 3 rings (SSSR count). The molecule has 0 aliphatic heterocycles. The summed E-state index contributed by atoms with van der Waals surface area (Å²) in [5.74, 6) is 0.553. The fourth-order valence-electron chi connectivity index (χ4n) is 2.36. The van der Waals surface area contributed by atoms with Crippen molar-refractivity contribution in [2.45, 2.75) is 11.9 Å². The molecular formula is C19H18FN3OS. The lowest BCUT2D eigenvalue weighted by molar-refractivity contribution is -0.125. The number of nitrogens with zero attached hydrogens (tertiary/aromatic N) is 3. The van der Waals surface area contributed by atoms with E-state index in [9.17, 15) is 9.18 Å². The van der Waals surface area contributed by atoms with Crippen LogP contribution in [0.5, 0.6) is 0 Å². The van der Waals surface area contributed by atoms with E-state index in [4.69, 9.17) is 0 Å². The summed E-state index contributed by atoms with van der Waals surface area (Å²) in [6, 6.07) is 12.0. The van der Waals surface area contributed by atoms with Crippen molar-refractivity contribution in [1.29, 1.82) is 0 Å². The van der Waals surface area contributed by atoms with Crippen LogP contribution in [0.1, 0.15) is 5.56 Å². The Balaban J connectivity index is 2.08. The Morgan fingerprint density at radius 3 is 2.52 bits per heavy atom. The van der Waals surface area contributed by atoms with Crippen LogP contribution in [-0.4, -0.2) is 40.6 Å². The lowest BCUT2D eigenvalue weighted by Gasteiger charge is -2.12. The Morgan fingerprint density at radius 2 is 1.84 bits per heavy atom. The van der Waals surface area contributed by atoms with Crippen LogP contribution in [-0.2, 0) is 4.79 Å². The fraction of sp³-hybridized carbons (Fsp3) is 0.211. The molecule has 1 aromatic heterocycles. The van der Waals surface area contributed by atoms with Crippen LogP contribution in [0.25, 0.3) is 22.3 Å². The minimum absolute atomic E-state index is 0.0211. The predicted molar refractivity (Wildman–Crippen MR) is 99.1 cm³/mol. The predicted octanol–water partition coefficient (Wildman–Crippen LogP) is 3.92. The monoisotopic (exact) mass is 355 g/mol. The highest BCUT2D eigenvalue weighted by Crippen LogP contribution is 2.30. The third-order valence-electron chi connectivity index (χ3n) is 3.83. The molecule has 6 heteroatoms. The van der Waals surface area contributed by atoms with Gasteiger partial charge in [-0.1, -0.05) is 30.0 Å². The number of aromatic nitrogens is 2. The number of amides is 1. The average Bonchev–Trinajstić information content (AvgIpc) is 2.60. The molecule has 0 radical (unpaired) electrons. The molecule has 2 aromatic carbocycles. The number of fused-ring (bicyclic) bond motifs is 1. The normalized spacial score (nSPS) is 10.9. The molecule has 0 saturated carbocycles. The van der Waals surface area contributed by atoms with E-state index in [1.807, 2.05) is 25.1 Å². The van der Waals surface area contributed by atoms with Gasteiger partial charge < -0.3 is 4.90 Å². The molecule has 1 amide bonds. The van der Waals surface area contributed by atoms with Gasteiger partial charge in [-0.05, 0) is 36.8 Å². The fourth-order valence-corrected chi connectivity index (χ4v) is 3.35. The van der Waals surface area contributed by atoms with Crippen LogP contribution >= 0.6 is 11.8 Å². The van der Waals surface area contributed by atoms with Gasteiger partial charge in [-0.15, -0.1) is 0 Å². The van der Waals surface area contributed by atoms with Crippen molar-refractivity contribution in [3.8, 4) is 11.4 Å². The van der Waals surface area contributed by atoms with E-state index in [-0.39, 0.29) is 11.7 Å². The number of aryl methyl sites for hydroxylation is 1. The summed E-state index contributed by atoms with van der Waals surface area (Å²) >= 11 is 1.39. The molecule has 0 N–H and O–H groups in total. The molecule has 0 bridgehead atoms. The minimum atomic E-state index is -0.299. The number of halogens is 1. The van der Waals surface area contributed by atoms with E-state index in [0.717, 1.165) is 27.1 Å². The highest BCUT2D eigenvalue weighted by molar-refractivity contribution is 8.00. The summed E-state index contributed by atoms with van der Waals surface area (Å²) in [5, 5.41) is 1.67.